The molecule has 0 saturated heterocycles. The van der Waals surface area contributed by atoms with Gasteiger partial charge in [0.1, 0.15) is 13.2 Å². The fourth-order valence-corrected chi connectivity index (χ4v) is 1.27. The third-order valence-electron chi connectivity index (χ3n) is 1.65. The Balaban J connectivity index is 2.99. The van der Waals surface area contributed by atoms with Crippen LogP contribution in [-0.4, -0.2) is 61.6 Å². The lowest BCUT2D eigenvalue weighted by molar-refractivity contribution is 0.00452. The van der Waals surface area contributed by atoms with Gasteiger partial charge in [0.15, 0.2) is 0 Å². The van der Waals surface area contributed by atoms with Crippen LogP contribution >= 0.6 is 49.7 Å². The summed E-state index contributed by atoms with van der Waals surface area (Å²) in [6, 6.07) is 0. The van der Waals surface area contributed by atoms with E-state index in [0.717, 1.165) is 0 Å². The maximum Gasteiger partial charge on any atom is 0.216 e. The van der Waals surface area contributed by atoms with Gasteiger partial charge in [-0.25, -0.2) is 0 Å². The molecule has 0 unspecified atom stereocenters. The van der Waals surface area contributed by atoms with Crippen molar-refractivity contribution in [3.8, 4) is 0 Å². The number of rotatable bonds is 12. The quantitative estimate of drug-likeness (QED) is 0.315. The Hall–Kier alpha value is 0.360. The van der Waals surface area contributed by atoms with Crippen LogP contribution in [0, 0.1) is 0 Å². The van der Waals surface area contributed by atoms with Gasteiger partial charge in [-0.3, -0.25) is 0 Å². The fraction of sp³-hybridized carbons (Fsp3) is 0.800. The SMILES string of the molecule is S=C(S)OCCOCCOCCOCCOC(=S)S. The number of thiol groups is 2. The van der Waals surface area contributed by atoms with Crippen LogP contribution < -0.4 is 0 Å². The Morgan fingerprint density at radius 1 is 0.579 bits per heavy atom. The molecule has 0 radical (unpaired) electrons. The number of hydrogen-bond donors (Lipinski definition) is 2. The number of thiocarbonyl (C=S) groups is 2. The van der Waals surface area contributed by atoms with Gasteiger partial charge in [-0.15, -0.1) is 0 Å². The van der Waals surface area contributed by atoms with Crippen LogP contribution in [0.25, 0.3) is 0 Å². The molecule has 9 heteroatoms. The second kappa shape index (κ2) is 14.8. The molecular weight excluding hydrogens is 328 g/mol. The van der Waals surface area contributed by atoms with E-state index in [9.17, 15) is 0 Å². The second-order valence-electron chi connectivity index (χ2n) is 3.07. The lowest BCUT2D eigenvalue weighted by atomic mass is 10.7. The molecule has 5 nitrogen and oxygen atoms in total. The van der Waals surface area contributed by atoms with E-state index >= 15 is 0 Å². The minimum absolute atomic E-state index is 0.222. The maximum atomic E-state index is 5.28. The van der Waals surface area contributed by atoms with E-state index in [1.54, 1.807) is 0 Å². The average Bonchev–Trinajstić information content (AvgIpc) is 2.34. The van der Waals surface area contributed by atoms with Gasteiger partial charge in [0.05, 0.1) is 39.6 Å². The van der Waals surface area contributed by atoms with Gasteiger partial charge >= 0.3 is 0 Å². The Bertz CT molecular complexity index is 228. The number of ether oxygens (including phenoxy) is 5. The predicted molar refractivity (Wildman–Crippen MR) is 87.5 cm³/mol. The zero-order valence-electron chi connectivity index (χ0n) is 10.4. The standard InChI is InChI=1S/C10H18O5S4/c16-9(17)14-7-5-12-3-1-11-2-4-13-6-8-15-10(18)19/h1-8H2,(H,16,17)(H,18,19). The molecule has 0 atom stereocenters. The molecule has 0 bridgehead atoms. The smallest absolute Gasteiger partial charge is 0.216 e. The molecule has 0 heterocycles. The highest BCUT2D eigenvalue weighted by Crippen LogP contribution is 1.89. The van der Waals surface area contributed by atoms with Gasteiger partial charge in [-0.1, -0.05) is 25.3 Å². The largest absolute Gasteiger partial charge is 0.476 e. The molecule has 0 saturated carbocycles. The van der Waals surface area contributed by atoms with E-state index in [1.807, 2.05) is 0 Å². The van der Waals surface area contributed by atoms with Crippen molar-refractivity contribution in [2.24, 2.45) is 0 Å². The molecule has 0 aliphatic carbocycles. The van der Waals surface area contributed by atoms with Crippen LogP contribution in [-0.2, 0) is 23.7 Å². The molecule has 112 valence electrons. The van der Waals surface area contributed by atoms with E-state index < -0.39 is 0 Å². The first-order valence-electron chi connectivity index (χ1n) is 5.57. The van der Waals surface area contributed by atoms with Crippen molar-refractivity contribution >= 4 is 58.5 Å². The van der Waals surface area contributed by atoms with Crippen LogP contribution in [0.15, 0.2) is 0 Å². The summed E-state index contributed by atoms with van der Waals surface area (Å²) in [4.78, 5) is 0. The third kappa shape index (κ3) is 18.4. The van der Waals surface area contributed by atoms with Crippen LogP contribution in [0.3, 0.4) is 0 Å². The van der Waals surface area contributed by atoms with Gasteiger partial charge in [-0.2, -0.15) is 0 Å². The highest BCUT2D eigenvalue weighted by Gasteiger charge is 1.94. The van der Waals surface area contributed by atoms with Gasteiger partial charge in [-0.05, 0) is 24.4 Å². The lowest BCUT2D eigenvalue weighted by Gasteiger charge is -2.07. The topological polar surface area (TPSA) is 46.2 Å². The molecule has 0 aliphatic heterocycles. The van der Waals surface area contributed by atoms with E-state index in [0.29, 0.717) is 52.9 Å². The number of hydrogen-bond acceptors (Lipinski definition) is 7. The summed E-state index contributed by atoms with van der Waals surface area (Å²) < 4.78 is 26.0. The Labute approximate surface area is 135 Å². The molecule has 0 aromatic carbocycles. The van der Waals surface area contributed by atoms with E-state index in [1.165, 1.54) is 0 Å². The average molecular weight is 347 g/mol. The highest BCUT2D eigenvalue weighted by atomic mass is 32.1. The fourth-order valence-electron chi connectivity index (χ4n) is 0.918. The van der Waals surface area contributed by atoms with E-state index in [4.69, 9.17) is 23.7 Å². The molecular formula is C10H18O5S4. The molecule has 0 spiro atoms. The second-order valence-corrected chi connectivity index (χ2v) is 5.22. The first-order valence-corrected chi connectivity index (χ1v) is 7.28. The summed E-state index contributed by atoms with van der Waals surface area (Å²) in [6.07, 6.45) is 0. The summed E-state index contributed by atoms with van der Waals surface area (Å²) in [6.45, 7) is 3.73. The van der Waals surface area contributed by atoms with Crippen LogP contribution in [0.4, 0.5) is 0 Å². The third-order valence-corrected chi connectivity index (χ3v) is 2.14. The van der Waals surface area contributed by atoms with Gasteiger partial charge in [0.25, 0.3) is 0 Å². The van der Waals surface area contributed by atoms with Crippen LogP contribution in [0.1, 0.15) is 0 Å². The van der Waals surface area contributed by atoms with Crippen LogP contribution in [0.2, 0.25) is 0 Å². The van der Waals surface area contributed by atoms with Crippen molar-refractivity contribution < 1.29 is 23.7 Å². The van der Waals surface area contributed by atoms with Gasteiger partial charge in [0, 0.05) is 0 Å². The Morgan fingerprint density at radius 3 is 1.11 bits per heavy atom. The zero-order valence-corrected chi connectivity index (χ0v) is 13.8. The van der Waals surface area contributed by atoms with Gasteiger partial charge in [0.2, 0.25) is 8.77 Å². The molecule has 0 amide bonds. The van der Waals surface area contributed by atoms with Crippen molar-refractivity contribution in [1.82, 2.24) is 0 Å². The summed E-state index contributed by atoms with van der Waals surface area (Å²) in [7, 11) is 0. The summed E-state index contributed by atoms with van der Waals surface area (Å²) in [5.74, 6) is 0. The van der Waals surface area contributed by atoms with E-state index in [2.05, 4.69) is 49.7 Å². The highest BCUT2D eigenvalue weighted by molar-refractivity contribution is 8.10. The molecule has 19 heavy (non-hydrogen) atoms. The van der Waals surface area contributed by atoms with Crippen LogP contribution in [0.5, 0.6) is 0 Å². The summed E-state index contributed by atoms with van der Waals surface area (Å²) in [5.41, 5.74) is 0. The summed E-state index contributed by atoms with van der Waals surface area (Å²) in [5, 5.41) is 0. The first kappa shape index (κ1) is 19.4. The zero-order chi connectivity index (χ0) is 14.3. The summed E-state index contributed by atoms with van der Waals surface area (Å²) >= 11 is 16.9. The van der Waals surface area contributed by atoms with Crippen molar-refractivity contribution in [2.45, 2.75) is 0 Å². The molecule has 0 aromatic rings. The molecule has 0 fully saturated rings. The minimum atomic E-state index is 0.222. The Morgan fingerprint density at radius 2 is 0.842 bits per heavy atom. The molecule has 0 rings (SSSR count). The molecule has 0 aliphatic rings. The van der Waals surface area contributed by atoms with Crippen molar-refractivity contribution in [1.29, 1.82) is 0 Å². The normalized spacial score (nSPS) is 10.2. The maximum absolute atomic E-state index is 5.28. The molecule has 0 N–H and O–H groups in total. The van der Waals surface area contributed by atoms with E-state index in [-0.39, 0.29) is 8.77 Å². The lowest BCUT2D eigenvalue weighted by Crippen LogP contribution is -2.13. The van der Waals surface area contributed by atoms with Crippen molar-refractivity contribution in [2.75, 3.05) is 52.9 Å². The van der Waals surface area contributed by atoms with Crippen molar-refractivity contribution in [3.63, 3.8) is 0 Å². The van der Waals surface area contributed by atoms with Crippen molar-refractivity contribution in [3.05, 3.63) is 0 Å². The minimum Gasteiger partial charge on any atom is -0.476 e. The Kier molecular flexibility index (Phi) is 15.0. The first-order chi connectivity index (χ1) is 9.13. The molecule has 0 aromatic heterocycles. The predicted octanol–water partition coefficient (Wildman–Crippen LogP) is 1.50. The van der Waals surface area contributed by atoms with Gasteiger partial charge < -0.3 is 23.7 Å². The monoisotopic (exact) mass is 346 g/mol.